The summed E-state index contributed by atoms with van der Waals surface area (Å²) in [7, 11) is 0. The van der Waals surface area contributed by atoms with Crippen LogP contribution in [0.2, 0.25) is 0 Å². The van der Waals surface area contributed by atoms with E-state index in [1.807, 2.05) is 138 Å². The first-order valence-electron chi connectivity index (χ1n) is 30.9. The highest BCUT2D eigenvalue weighted by atomic mass is 14.6. The molecule has 0 N–H and O–H groups in total. The van der Waals surface area contributed by atoms with Gasteiger partial charge in [0.25, 0.3) is 0 Å². The predicted molar refractivity (Wildman–Crippen MR) is 298 cm³/mol. The van der Waals surface area contributed by atoms with E-state index in [2.05, 4.69) is 0 Å². The summed E-state index contributed by atoms with van der Waals surface area (Å²) in [6.45, 7) is 40.0. The van der Waals surface area contributed by atoms with Crippen LogP contribution in [0.15, 0.2) is 0 Å². The van der Waals surface area contributed by atoms with E-state index in [0.29, 0.717) is 0 Å². The van der Waals surface area contributed by atoms with Gasteiger partial charge in [-0.25, -0.2) is 0 Å². The molecule has 0 nitrogen and oxygen atoms in total. The summed E-state index contributed by atoms with van der Waals surface area (Å²) in [5.41, 5.74) is 0. The summed E-state index contributed by atoms with van der Waals surface area (Å²) < 4.78 is 0. The van der Waals surface area contributed by atoms with Crippen molar-refractivity contribution in [3.05, 3.63) is 0 Å². The Kier molecular flexibility index (Phi) is 77.5. The Morgan fingerprint density at radius 3 is 0.597 bits per heavy atom. The maximum atomic E-state index is 2.00. The molecular weight excluding hydrogens is 745 g/mol. The maximum absolute atomic E-state index is 2.00. The van der Waals surface area contributed by atoms with Gasteiger partial charge in [0.2, 0.25) is 0 Å². The summed E-state index contributed by atoms with van der Waals surface area (Å²) in [6.07, 6.45) is 52.2. The third-order valence-electron chi connectivity index (χ3n) is 14.2. The van der Waals surface area contributed by atoms with Crippen molar-refractivity contribution in [2.75, 3.05) is 0 Å². The molecule has 0 heterocycles. The molecule has 9 aliphatic carbocycles. The minimum atomic E-state index is 1.12. The molecule has 9 aliphatic rings. The molecule has 0 aromatic rings. The van der Waals surface area contributed by atoms with E-state index in [9.17, 15) is 0 Å². The van der Waals surface area contributed by atoms with E-state index in [1.165, 1.54) is 164 Å². The van der Waals surface area contributed by atoms with Gasteiger partial charge in [0.1, 0.15) is 0 Å². The molecule has 0 amide bonds. The second-order valence-corrected chi connectivity index (χ2v) is 17.0. The molecule has 9 fully saturated rings. The average molecular weight is 882 g/mol. The Bertz CT molecular complexity index is 586. The van der Waals surface area contributed by atoms with E-state index < -0.39 is 0 Å². The van der Waals surface area contributed by atoms with Gasteiger partial charge in [-0.2, -0.15) is 0 Å². The lowest BCUT2D eigenvalue weighted by atomic mass is 9.48. The molecular formula is C62H136. The Balaban J connectivity index is -0.000000146. The SMILES string of the molecule is C1CC2C(C1)C1CCC21.C1CCC(CC2CCCCC2)CC1.C1CCC2CCCC2C1.C1CCCC1.C1CCCCC1.CC.CC.CC.CC.CC.CC.CC.CC.CC.CC. The standard InChI is InChI=1S/C13H24.C9H14.C9H16.C6H12.C5H10.10C2H6/c1-3-7-12(8-4-1)11-13-9-5-2-6-10-13;1-2-6-7(3-1)9-5-4-8(6)9;1-2-5-9-7-3-6-8(9)4-1;1-2-4-6-5-3-1;1-2-4-5-3-1;10*1-2/h12-13H,1-11H2;6-9H,1-5H2;8-9H,1-7H2;1-6H2;1-5H2;10*1-2H3. The van der Waals surface area contributed by atoms with Crippen LogP contribution >= 0.6 is 0 Å². The molecule has 0 aliphatic heterocycles. The van der Waals surface area contributed by atoms with Gasteiger partial charge in [-0.1, -0.05) is 325 Å². The highest BCUT2D eigenvalue weighted by Crippen LogP contribution is 2.64. The van der Waals surface area contributed by atoms with Crippen molar-refractivity contribution < 1.29 is 0 Å². The van der Waals surface area contributed by atoms with Gasteiger partial charge in [-0.05, 0) is 79.4 Å². The number of rotatable bonds is 2. The van der Waals surface area contributed by atoms with Crippen molar-refractivity contribution >= 4 is 0 Å². The van der Waals surface area contributed by atoms with Crippen LogP contribution in [-0.2, 0) is 0 Å². The second-order valence-electron chi connectivity index (χ2n) is 17.0. The Morgan fingerprint density at radius 1 is 0.177 bits per heavy atom. The first kappa shape index (κ1) is 73.6. The van der Waals surface area contributed by atoms with E-state index in [-0.39, 0.29) is 0 Å². The lowest BCUT2D eigenvalue weighted by molar-refractivity contribution is -0.0815. The van der Waals surface area contributed by atoms with Crippen LogP contribution < -0.4 is 0 Å². The molecule has 0 aromatic heterocycles. The highest BCUT2D eigenvalue weighted by Gasteiger charge is 2.56. The summed E-state index contributed by atoms with van der Waals surface area (Å²) >= 11 is 0. The van der Waals surface area contributed by atoms with Gasteiger partial charge in [0.15, 0.2) is 0 Å². The molecule has 0 heteroatoms. The number of fused-ring (bicyclic) bond motifs is 5. The quantitative estimate of drug-likeness (QED) is 0.259. The summed E-state index contributed by atoms with van der Waals surface area (Å²) in [6, 6.07) is 0. The number of hydrogen-bond acceptors (Lipinski definition) is 0. The molecule has 384 valence electrons. The zero-order valence-electron chi connectivity index (χ0n) is 48.7. The van der Waals surface area contributed by atoms with Crippen molar-refractivity contribution in [3.8, 4) is 0 Å². The zero-order valence-corrected chi connectivity index (χ0v) is 48.7. The van der Waals surface area contributed by atoms with E-state index >= 15 is 0 Å². The molecule has 0 spiro atoms. The molecule has 0 radical (unpaired) electrons. The fourth-order valence-corrected chi connectivity index (χ4v) is 11.5. The predicted octanol–water partition coefficient (Wildman–Crippen LogP) is 24.5. The van der Waals surface area contributed by atoms with Crippen LogP contribution in [0.5, 0.6) is 0 Å². The minimum Gasteiger partial charge on any atom is -0.0683 e. The molecule has 6 unspecified atom stereocenters. The molecule has 9 saturated carbocycles. The summed E-state index contributed by atoms with van der Waals surface area (Å²) in [5, 5.41) is 0. The van der Waals surface area contributed by atoms with Crippen LogP contribution in [0.4, 0.5) is 0 Å². The zero-order chi connectivity index (χ0) is 48.7. The largest absolute Gasteiger partial charge is 0.0683 e. The lowest BCUT2D eigenvalue weighted by Gasteiger charge is -2.57. The normalized spacial score (nSPS) is 26.1. The smallest absolute Gasteiger partial charge is 0.0352 e. The van der Waals surface area contributed by atoms with Gasteiger partial charge in [0, 0.05) is 0 Å². The third-order valence-corrected chi connectivity index (χ3v) is 14.2. The van der Waals surface area contributed by atoms with Crippen LogP contribution in [-0.4, -0.2) is 0 Å². The molecule has 0 aromatic carbocycles. The summed E-state index contributed by atoms with van der Waals surface area (Å²) in [5.74, 6) is 9.49. The Labute approximate surface area is 402 Å². The minimum absolute atomic E-state index is 1.12. The molecule has 62 heavy (non-hydrogen) atoms. The lowest BCUT2D eigenvalue weighted by Crippen LogP contribution is -2.50. The van der Waals surface area contributed by atoms with Crippen LogP contribution in [0.25, 0.3) is 0 Å². The molecule has 9 rings (SSSR count). The first-order valence-corrected chi connectivity index (χ1v) is 30.9. The summed E-state index contributed by atoms with van der Waals surface area (Å²) in [4.78, 5) is 0. The van der Waals surface area contributed by atoms with Crippen LogP contribution in [0.3, 0.4) is 0 Å². The van der Waals surface area contributed by atoms with Gasteiger partial charge >= 0.3 is 0 Å². The van der Waals surface area contributed by atoms with Crippen molar-refractivity contribution in [2.24, 2.45) is 47.3 Å². The van der Waals surface area contributed by atoms with Crippen LogP contribution in [0, 0.1) is 47.3 Å². The van der Waals surface area contributed by atoms with Gasteiger partial charge in [0.05, 0.1) is 0 Å². The fourth-order valence-electron chi connectivity index (χ4n) is 11.5. The van der Waals surface area contributed by atoms with Crippen molar-refractivity contribution in [2.45, 2.75) is 357 Å². The number of hydrogen-bond donors (Lipinski definition) is 0. The Morgan fingerprint density at radius 2 is 0.355 bits per heavy atom. The molecule has 0 bridgehead atoms. The first-order chi connectivity index (χ1) is 30.9. The van der Waals surface area contributed by atoms with Gasteiger partial charge in [-0.15, -0.1) is 0 Å². The van der Waals surface area contributed by atoms with E-state index in [0.717, 1.165) is 11.8 Å². The second kappa shape index (κ2) is 65.3. The van der Waals surface area contributed by atoms with Crippen molar-refractivity contribution in [1.29, 1.82) is 0 Å². The van der Waals surface area contributed by atoms with Gasteiger partial charge < -0.3 is 0 Å². The maximum Gasteiger partial charge on any atom is -0.0352 e. The van der Waals surface area contributed by atoms with Crippen LogP contribution in [0.1, 0.15) is 357 Å². The topological polar surface area (TPSA) is 0 Å². The third kappa shape index (κ3) is 37.1. The average Bonchev–Trinajstić information content (AvgIpc) is 4.23. The highest BCUT2D eigenvalue weighted by molar-refractivity contribution is 5.05. The molecule has 6 atom stereocenters. The van der Waals surface area contributed by atoms with E-state index in [1.54, 1.807) is 89.9 Å². The Hall–Kier alpha value is 0. The van der Waals surface area contributed by atoms with Crippen molar-refractivity contribution in [1.82, 2.24) is 0 Å². The van der Waals surface area contributed by atoms with E-state index in [4.69, 9.17) is 0 Å². The van der Waals surface area contributed by atoms with Gasteiger partial charge in [-0.3, -0.25) is 0 Å². The van der Waals surface area contributed by atoms with Crippen molar-refractivity contribution in [3.63, 3.8) is 0 Å². The fraction of sp³-hybridized carbons (Fsp3) is 1.00. The monoisotopic (exact) mass is 881 g/mol. The molecule has 0 saturated heterocycles.